The highest BCUT2D eigenvalue weighted by Crippen LogP contribution is 2.31. The van der Waals surface area contributed by atoms with E-state index in [-0.39, 0.29) is 17.9 Å². The van der Waals surface area contributed by atoms with E-state index in [1.165, 1.54) is 0 Å². The van der Waals surface area contributed by atoms with Crippen LogP contribution in [-0.2, 0) is 18.4 Å². The molecule has 3 rings (SSSR count). The fourth-order valence-electron chi connectivity index (χ4n) is 3.44. The summed E-state index contributed by atoms with van der Waals surface area (Å²) in [5, 5.41) is 3.83. The van der Waals surface area contributed by atoms with Gasteiger partial charge in [-0.05, 0) is 38.3 Å². The number of rotatable bonds is 4. The van der Waals surface area contributed by atoms with E-state index >= 15 is 0 Å². The summed E-state index contributed by atoms with van der Waals surface area (Å²) >= 11 is 1.58. The first-order chi connectivity index (χ1) is 12.0. The average molecular weight is 360 g/mol. The number of piperidine rings is 1. The van der Waals surface area contributed by atoms with Crippen molar-refractivity contribution in [3.63, 3.8) is 0 Å². The van der Waals surface area contributed by atoms with Crippen molar-refractivity contribution in [1.29, 1.82) is 0 Å². The van der Waals surface area contributed by atoms with Crippen molar-refractivity contribution < 1.29 is 9.59 Å². The number of likely N-dealkylation sites (tertiary alicyclic amines) is 1. The zero-order valence-corrected chi connectivity index (χ0v) is 15.7. The molecule has 1 aliphatic heterocycles. The molecule has 134 valence electrons. The smallest absolute Gasteiger partial charge is 0.268 e. The molecule has 1 N–H and O–H groups in total. The summed E-state index contributed by atoms with van der Waals surface area (Å²) < 4.78 is 1.91. The molecule has 0 saturated carbocycles. The number of aromatic nitrogens is 2. The minimum Gasteiger partial charge on any atom is -0.344 e. The Morgan fingerprint density at radius 2 is 2.16 bits per heavy atom. The molecule has 1 saturated heterocycles. The van der Waals surface area contributed by atoms with Crippen molar-refractivity contribution >= 4 is 23.2 Å². The van der Waals surface area contributed by atoms with Crippen LogP contribution in [0, 0.1) is 6.92 Å². The van der Waals surface area contributed by atoms with Gasteiger partial charge in [0.2, 0.25) is 5.91 Å². The van der Waals surface area contributed by atoms with Crippen molar-refractivity contribution in [3.05, 3.63) is 39.6 Å². The van der Waals surface area contributed by atoms with Gasteiger partial charge in [0.15, 0.2) is 0 Å². The van der Waals surface area contributed by atoms with Crippen molar-refractivity contribution in [2.45, 2.75) is 45.7 Å². The third kappa shape index (κ3) is 3.76. The summed E-state index contributed by atoms with van der Waals surface area (Å²) in [7, 11) is 1.89. The Morgan fingerprint density at radius 1 is 1.36 bits per heavy atom. The van der Waals surface area contributed by atoms with Gasteiger partial charge >= 0.3 is 0 Å². The van der Waals surface area contributed by atoms with Gasteiger partial charge in [-0.3, -0.25) is 9.59 Å². The van der Waals surface area contributed by atoms with E-state index in [9.17, 15) is 9.59 Å². The fourth-order valence-corrected chi connectivity index (χ4v) is 4.16. The maximum absolute atomic E-state index is 12.5. The van der Waals surface area contributed by atoms with Gasteiger partial charge in [0, 0.05) is 37.3 Å². The topological polar surface area (TPSA) is 67.2 Å². The normalized spacial score (nSPS) is 17.6. The van der Waals surface area contributed by atoms with E-state index in [4.69, 9.17) is 0 Å². The molecular formula is C18H24N4O2S. The molecule has 1 atom stereocenters. The first kappa shape index (κ1) is 17.7. The molecule has 0 aliphatic carbocycles. The summed E-state index contributed by atoms with van der Waals surface area (Å²) in [5.41, 5.74) is 1.63. The standard InChI is InChI=1S/C18H24N4O2S/c1-12-10-19-17(25-12)11-20-18(24)16-8-7-14(21(16)3)15-6-4-5-9-22(15)13(2)23/h7-8,10,15H,4-6,9,11H2,1-3H3,(H,20,24)/t15-/m1/s1. The Labute approximate surface area is 151 Å². The highest BCUT2D eigenvalue weighted by atomic mass is 32.1. The van der Waals surface area contributed by atoms with E-state index in [1.807, 2.05) is 41.8 Å². The lowest BCUT2D eigenvalue weighted by Crippen LogP contribution is -2.38. The monoisotopic (exact) mass is 360 g/mol. The molecule has 2 aromatic heterocycles. The predicted octanol–water partition coefficient (Wildman–Crippen LogP) is 2.79. The Kier molecular flexibility index (Phi) is 5.22. The van der Waals surface area contributed by atoms with E-state index in [0.717, 1.165) is 41.4 Å². The van der Waals surface area contributed by atoms with Crippen LogP contribution in [0.5, 0.6) is 0 Å². The second-order valence-electron chi connectivity index (χ2n) is 6.47. The molecule has 0 spiro atoms. The summed E-state index contributed by atoms with van der Waals surface area (Å²) in [6.07, 6.45) is 4.90. The van der Waals surface area contributed by atoms with Crippen LogP contribution in [0.3, 0.4) is 0 Å². The minimum absolute atomic E-state index is 0.0550. The SMILES string of the molecule is CC(=O)N1CCCC[C@@H]1c1ccc(C(=O)NCc2ncc(C)s2)n1C. The number of nitrogens with one attached hydrogen (secondary N) is 1. The second kappa shape index (κ2) is 7.39. The van der Waals surface area contributed by atoms with Crippen molar-refractivity contribution in [3.8, 4) is 0 Å². The zero-order valence-electron chi connectivity index (χ0n) is 14.9. The predicted molar refractivity (Wildman–Crippen MR) is 97.4 cm³/mol. The van der Waals surface area contributed by atoms with E-state index in [0.29, 0.717) is 12.2 Å². The van der Waals surface area contributed by atoms with Crippen LogP contribution in [0.2, 0.25) is 0 Å². The van der Waals surface area contributed by atoms with Gasteiger partial charge in [-0.25, -0.2) is 4.98 Å². The average Bonchev–Trinajstić information content (AvgIpc) is 3.18. The van der Waals surface area contributed by atoms with Crippen LogP contribution in [0.25, 0.3) is 0 Å². The van der Waals surface area contributed by atoms with Gasteiger partial charge in [0.25, 0.3) is 5.91 Å². The number of hydrogen-bond acceptors (Lipinski definition) is 4. The fraction of sp³-hybridized carbons (Fsp3) is 0.500. The molecule has 0 unspecified atom stereocenters. The molecular weight excluding hydrogens is 336 g/mol. The van der Waals surface area contributed by atoms with E-state index in [1.54, 1.807) is 18.3 Å². The first-order valence-corrected chi connectivity index (χ1v) is 9.41. The molecule has 1 fully saturated rings. The molecule has 25 heavy (non-hydrogen) atoms. The molecule has 0 radical (unpaired) electrons. The quantitative estimate of drug-likeness (QED) is 0.912. The maximum atomic E-state index is 12.5. The van der Waals surface area contributed by atoms with Crippen LogP contribution >= 0.6 is 11.3 Å². The number of amides is 2. The third-order valence-electron chi connectivity index (χ3n) is 4.71. The molecule has 3 heterocycles. The second-order valence-corrected chi connectivity index (χ2v) is 7.79. The Balaban J connectivity index is 1.73. The lowest BCUT2D eigenvalue weighted by molar-refractivity contribution is -0.132. The lowest BCUT2D eigenvalue weighted by Gasteiger charge is -2.35. The summed E-state index contributed by atoms with van der Waals surface area (Å²) in [6.45, 7) is 4.83. The van der Waals surface area contributed by atoms with E-state index < -0.39 is 0 Å². The number of carbonyl (C=O) groups is 2. The lowest BCUT2D eigenvalue weighted by atomic mass is 9.99. The van der Waals surface area contributed by atoms with Crippen LogP contribution in [0.4, 0.5) is 0 Å². The molecule has 6 nitrogen and oxygen atoms in total. The molecule has 1 aliphatic rings. The Bertz CT molecular complexity index is 780. The third-order valence-corrected chi connectivity index (χ3v) is 5.62. The highest BCUT2D eigenvalue weighted by Gasteiger charge is 2.28. The van der Waals surface area contributed by atoms with Crippen LogP contribution < -0.4 is 5.32 Å². The van der Waals surface area contributed by atoms with Crippen LogP contribution in [0.1, 0.15) is 58.3 Å². The Morgan fingerprint density at radius 3 is 2.84 bits per heavy atom. The summed E-state index contributed by atoms with van der Waals surface area (Å²) in [5.74, 6) is -0.0252. The van der Waals surface area contributed by atoms with Crippen molar-refractivity contribution in [1.82, 2.24) is 19.8 Å². The van der Waals surface area contributed by atoms with Crippen molar-refractivity contribution in [2.75, 3.05) is 6.54 Å². The van der Waals surface area contributed by atoms with Gasteiger partial charge in [0.1, 0.15) is 10.7 Å². The van der Waals surface area contributed by atoms with Gasteiger partial charge in [-0.2, -0.15) is 0 Å². The number of hydrogen-bond donors (Lipinski definition) is 1. The van der Waals surface area contributed by atoms with Crippen molar-refractivity contribution in [2.24, 2.45) is 7.05 Å². The molecule has 2 amide bonds. The number of thiazole rings is 1. The highest BCUT2D eigenvalue weighted by molar-refractivity contribution is 7.11. The molecule has 7 heteroatoms. The van der Waals surface area contributed by atoms with Gasteiger partial charge in [-0.1, -0.05) is 0 Å². The molecule has 0 aromatic carbocycles. The van der Waals surface area contributed by atoms with Gasteiger partial charge in [-0.15, -0.1) is 11.3 Å². The Hall–Kier alpha value is -2.15. The minimum atomic E-state index is -0.119. The van der Waals surface area contributed by atoms with E-state index in [2.05, 4.69) is 10.3 Å². The van der Waals surface area contributed by atoms with Crippen LogP contribution in [0.15, 0.2) is 18.3 Å². The molecule has 0 bridgehead atoms. The number of carbonyl (C=O) groups excluding carboxylic acids is 2. The summed E-state index contributed by atoms with van der Waals surface area (Å²) in [4.78, 5) is 31.8. The number of nitrogens with zero attached hydrogens (tertiary/aromatic N) is 3. The molecule has 2 aromatic rings. The summed E-state index contributed by atoms with van der Waals surface area (Å²) in [6, 6.07) is 3.86. The largest absolute Gasteiger partial charge is 0.344 e. The van der Waals surface area contributed by atoms with Gasteiger partial charge in [0.05, 0.1) is 12.6 Å². The van der Waals surface area contributed by atoms with Crippen LogP contribution in [-0.4, -0.2) is 32.8 Å². The zero-order chi connectivity index (χ0) is 18.0. The van der Waals surface area contributed by atoms with Gasteiger partial charge < -0.3 is 14.8 Å². The number of aryl methyl sites for hydroxylation is 1. The maximum Gasteiger partial charge on any atom is 0.268 e. The first-order valence-electron chi connectivity index (χ1n) is 8.59.